The molecule has 0 radical (unpaired) electrons. The summed E-state index contributed by atoms with van der Waals surface area (Å²) in [6.07, 6.45) is 98.7. The molecule has 0 rings (SSSR count). The molecule has 0 spiro atoms. The molecule has 6 heteroatoms. The third-order valence-electron chi connectivity index (χ3n) is 14.1. The Hall–Kier alpha value is -4.71. The summed E-state index contributed by atoms with van der Waals surface area (Å²) in [5, 5.41) is 0. The molecule has 0 aliphatic carbocycles. The van der Waals surface area contributed by atoms with Crippen molar-refractivity contribution in [2.45, 2.75) is 303 Å². The third kappa shape index (κ3) is 66.1. The zero-order valence-corrected chi connectivity index (χ0v) is 53.2. The Morgan fingerprint density at radius 2 is 0.476 bits per heavy atom. The van der Waals surface area contributed by atoms with Crippen LogP contribution in [0, 0.1) is 0 Å². The highest BCUT2D eigenvalue weighted by molar-refractivity contribution is 5.71. The van der Waals surface area contributed by atoms with Crippen LogP contribution in [0.4, 0.5) is 0 Å². The molecule has 0 saturated heterocycles. The quantitative estimate of drug-likeness (QED) is 0.0261. The van der Waals surface area contributed by atoms with E-state index in [1.807, 2.05) is 0 Å². The fourth-order valence-corrected chi connectivity index (χ4v) is 9.06. The van der Waals surface area contributed by atoms with Gasteiger partial charge in [0, 0.05) is 19.3 Å². The highest BCUT2D eigenvalue weighted by Crippen LogP contribution is 2.16. The molecular weight excluding hydrogens is 1010 g/mol. The lowest BCUT2D eigenvalue weighted by Gasteiger charge is -2.18. The number of hydrogen-bond donors (Lipinski definition) is 0. The summed E-state index contributed by atoms with van der Waals surface area (Å²) >= 11 is 0. The molecule has 0 saturated carbocycles. The lowest BCUT2D eigenvalue weighted by molar-refractivity contribution is -0.167. The SMILES string of the molecule is CC/C=C\C/C=C\C/C=C\C/C=C\C/C=C\C/C=C\CCCCCCCCCCCCCCCCC(=O)OCC(COC(=O)CCCCCCC/C=C\CCCCC)OC(=O)CCCCC/C=C\C/C=C\C/C=C\C/C=C\C/C=C\CC. The molecule has 0 amide bonds. The number of ether oxygens (including phenoxy) is 3. The second-order valence-electron chi connectivity index (χ2n) is 22.0. The van der Waals surface area contributed by atoms with Gasteiger partial charge in [0.15, 0.2) is 6.10 Å². The Balaban J connectivity index is 4.26. The molecule has 0 heterocycles. The first kappa shape index (κ1) is 77.3. The van der Waals surface area contributed by atoms with Crippen molar-refractivity contribution in [3.8, 4) is 0 Å². The van der Waals surface area contributed by atoms with Crippen molar-refractivity contribution in [3.63, 3.8) is 0 Å². The second kappa shape index (κ2) is 68.8. The van der Waals surface area contributed by atoms with E-state index in [-0.39, 0.29) is 37.5 Å². The zero-order valence-electron chi connectivity index (χ0n) is 53.2. The van der Waals surface area contributed by atoms with Gasteiger partial charge in [-0.25, -0.2) is 0 Å². The largest absolute Gasteiger partial charge is 0.462 e. The van der Waals surface area contributed by atoms with Gasteiger partial charge in [0.25, 0.3) is 0 Å². The van der Waals surface area contributed by atoms with E-state index in [0.29, 0.717) is 12.8 Å². The lowest BCUT2D eigenvalue weighted by Crippen LogP contribution is -2.30. The van der Waals surface area contributed by atoms with Gasteiger partial charge < -0.3 is 14.2 Å². The summed E-state index contributed by atoms with van der Waals surface area (Å²) in [7, 11) is 0. The van der Waals surface area contributed by atoms with Crippen molar-refractivity contribution >= 4 is 17.9 Å². The maximum atomic E-state index is 12.9. The topological polar surface area (TPSA) is 78.9 Å². The summed E-state index contributed by atoms with van der Waals surface area (Å²) in [4.78, 5) is 38.3. The predicted molar refractivity (Wildman–Crippen MR) is 357 cm³/mol. The van der Waals surface area contributed by atoms with Crippen LogP contribution in [-0.4, -0.2) is 37.2 Å². The Bertz CT molecular complexity index is 1780. The zero-order chi connectivity index (χ0) is 59.2. The Morgan fingerprint density at radius 1 is 0.256 bits per heavy atom. The number of allylic oxidation sites excluding steroid dienone is 24. The van der Waals surface area contributed by atoms with Gasteiger partial charge in [0.2, 0.25) is 0 Å². The first-order chi connectivity index (χ1) is 40.5. The van der Waals surface area contributed by atoms with Crippen LogP contribution in [0.5, 0.6) is 0 Å². The number of esters is 3. The minimum atomic E-state index is -0.804. The van der Waals surface area contributed by atoms with Gasteiger partial charge in [-0.2, -0.15) is 0 Å². The van der Waals surface area contributed by atoms with Gasteiger partial charge in [-0.05, 0) is 141 Å². The maximum Gasteiger partial charge on any atom is 0.306 e. The summed E-state index contributed by atoms with van der Waals surface area (Å²) in [6, 6.07) is 0. The van der Waals surface area contributed by atoms with E-state index in [2.05, 4.69) is 167 Å². The van der Waals surface area contributed by atoms with Crippen LogP contribution in [0.1, 0.15) is 297 Å². The van der Waals surface area contributed by atoms with Crippen molar-refractivity contribution in [2.24, 2.45) is 0 Å². The van der Waals surface area contributed by atoms with E-state index in [1.165, 1.54) is 109 Å². The van der Waals surface area contributed by atoms with E-state index in [9.17, 15) is 14.4 Å². The molecule has 82 heavy (non-hydrogen) atoms. The maximum absolute atomic E-state index is 12.9. The molecule has 1 unspecified atom stereocenters. The average Bonchev–Trinajstić information content (AvgIpc) is 3.47. The van der Waals surface area contributed by atoms with Crippen LogP contribution in [0.2, 0.25) is 0 Å². The van der Waals surface area contributed by atoms with Crippen LogP contribution in [0.15, 0.2) is 146 Å². The average molecular weight is 1130 g/mol. The van der Waals surface area contributed by atoms with Crippen molar-refractivity contribution in [1.82, 2.24) is 0 Å². The van der Waals surface area contributed by atoms with Crippen molar-refractivity contribution in [1.29, 1.82) is 0 Å². The highest BCUT2D eigenvalue weighted by atomic mass is 16.6. The smallest absolute Gasteiger partial charge is 0.306 e. The van der Waals surface area contributed by atoms with Crippen LogP contribution in [-0.2, 0) is 28.6 Å². The lowest BCUT2D eigenvalue weighted by atomic mass is 10.0. The summed E-state index contributed by atoms with van der Waals surface area (Å²) in [5.74, 6) is -0.937. The summed E-state index contributed by atoms with van der Waals surface area (Å²) in [5.41, 5.74) is 0. The number of hydrogen-bond acceptors (Lipinski definition) is 6. The van der Waals surface area contributed by atoms with E-state index in [0.717, 1.165) is 148 Å². The third-order valence-corrected chi connectivity index (χ3v) is 14.1. The van der Waals surface area contributed by atoms with Crippen LogP contribution < -0.4 is 0 Å². The van der Waals surface area contributed by atoms with Crippen molar-refractivity contribution in [2.75, 3.05) is 13.2 Å². The molecule has 1 atom stereocenters. The van der Waals surface area contributed by atoms with Crippen LogP contribution >= 0.6 is 0 Å². The van der Waals surface area contributed by atoms with Gasteiger partial charge in [0.05, 0.1) is 0 Å². The van der Waals surface area contributed by atoms with Crippen molar-refractivity contribution in [3.05, 3.63) is 146 Å². The summed E-state index contributed by atoms with van der Waals surface area (Å²) in [6.45, 7) is 6.36. The van der Waals surface area contributed by atoms with E-state index in [4.69, 9.17) is 14.2 Å². The normalized spacial score (nSPS) is 13.1. The highest BCUT2D eigenvalue weighted by Gasteiger charge is 2.19. The van der Waals surface area contributed by atoms with Gasteiger partial charge in [0.1, 0.15) is 13.2 Å². The number of rotatable bonds is 60. The summed E-state index contributed by atoms with van der Waals surface area (Å²) < 4.78 is 16.9. The molecule has 0 aliphatic rings. The number of carbonyl (C=O) groups is 3. The van der Waals surface area contributed by atoms with Crippen LogP contribution in [0.3, 0.4) is 0 Å². The fourth-order valence-electron chi connectivity index (χ4n) is 9.06. The van der Waals surface area contributed by atoms with Crippen LogP contribution in [0.25, 0.3) is 0 Å². The van der Waals surface area contributed by atoms with Gasteiger partial charge in [-0.1, -0.05) is 282 Å². The Labute approximate surface area is 506 Å². The second-order valence-corrected chi connectivity index (χ2v) is 22.0. The fraction of sp³-hybridized carbons (Fsp3) is 0.645. The minimum Gasteiger partial charge on any atom is -0.462 e. The van der Waals surface area contributed by atoms with E-state index >= 15 is 0 Å². The molecule has 0 fully saturated rings. The first-order valence-electron chi connectivity index (χ1n) is 33.8. The molecule has 464 valence electrons. The molecule has 0 aliphatic heterocycles. The Kier molecular flexibility index (Phi) is 64.8. The van der Waals surface area contributed by atoms with Crippen molar-refractivity contribution < 1.29 is 28.6 Å². The van der Waals surface area contributed by atoms with E-state index < -0.39 is 6.10 Å². The first-order valence-corrected chi connectivity index (χ1v) is 33.8. The molecule has 0 bridgehead atoms. The number of carbonyl (C=O) groups excluding carboxylic acids is 3. The number of unbranched alkanes of at least 4 members (excludes halogenated alkanes) is 25. The predicted octanol–water partition coefficient (Wildman–Crippen LogP) is 23.5. The molecule has 0 aromatic rings. The minimum absolute atomic E-state index is 0.0972. The standard InChI is InChI=1S/C76H124O6/c1-4-7-10-13-16-19-22-25-27-29-31-32-33-34-35-36-37-38-39-40-41-42-43-44-46-47-49-51-54-57-60-63-66-69-75(78)81-72-73(71-80-74(77)68-65-62-59-56-53-24-21-18-15-12-9-6-3)82-76(79)70-67-64-61-58-55-52-50-48-45-30-28-26-23-20-17-14-11-8-5-2/h7-8,10-11,16-21,25-28,31-32,34-35,37-38,45,48,52,55,73H,4-6,9,12-15,22-24,29-30,33,36,39-44,46-47,49-51,53-54,56-72H2,1-3H3/b10-7-,11-8-,19-16-,20-17-,21-18-,27-25-,28-26-,32-31-,35-34-,38-37-,48-45-,55-52-. The molecular formula is C76H124O6. The Morgan fingerprint density at radius 3 is 0.768 bits per heavy atom. The van der Waals surface area contributed by atoms with Gasteiger partial charge >= 0.3 is 17.9 Å². The van der Waals surface area contributed by atoms with Gasteiger partial charge in [-0.15, -0.1) is 0 Å². The molecule has 0 N–H and O–H groups in total. The molecule has 6 nitrogen and oxygen atoms in total. The monoisotopic (exact) mass is 1130 g/mol. The van der Waals surface area contributed by atoms with Gasteiger partial charge in [-0.3, -0.25) is 14.4 Å². The van der Waals surface area contributed by atoms with E-state index in [1.54, 1.807) is 0 Å². The molecule has 0 aromatic carbocycles. The molecule has 0 aromatic heterocycles.